The highest BCUT2D eigenvalue weighted by Crippen LogP contribution is 2.29. The van der Waals surface area contributed by atoms with Gasteiger partial charge in [-0.05, 0) is 51.6 Å². The third-order valence-corrected chi connectivity index (χ3v) is 6.68. The number of aromatic nitrogens is 3. The molecule has 0 unspecified atom stereocenters. The lowest BCUT2D eigenvalue weighted by molar-refractivity contribution is 0.603. The fourth-order valence-corrected chi connectivity index (χ4v) is 5.09. The van der Waals surface area contributed by atoms with E-state index >= 15 is 0 Å². The fourth-order valence-electron chi connectivity index (χ4n) is 1.70. The first-order chi connectivity index (χ1) is 10.1. The van der Waals surface area contributed by atoms with Gasteiger partial charge < -0.3 is 0 Å². The van der Waals surface area contributed by atoms with Crippen LogP contribution >= 0.6 is 27.3 Å². The van der Waals surface area contributed by atoms with Crippen LogP contribution in [-0.2, 0) is 10.0 Å². The van der Waals surface area contributed by atoms with E-state index in [1.807, 2.05) is 0 Å². The van der Waals surface area contributed by atoms with Gasteiger partial charge in [0.1, 0.15) is 12.7 Å². The quantitative estimate of drug-likeness (QED) is 0.749. The van der Waals surface area contributed by atoms with Crippen LogP contribution in [0.5, 0.6) is 0 Å². The molecule has 2 heterocycles. The van der Waals surface area contributed by atoms with E-state index in [1.165, 1.54) is 6.33 Å². The summed E-state index contributed by atoms with van der Waals surface area (Å²) in [6.45, 7) is 0. The molecule has 0 saturated heterocycles. The molecule has 9 heteroatoms. The van der Waals surface area contributed by atoms with Crippen LogP contribution in [0.15, 0.2) is 57.0 Å². The second kappa shape index (κ2) is 5.58. The van der Waals surface area contributed by atoms with Gasteiger partial charge in [0, 0.05) is 10.2 Å². The molecule has 0 aliphatic heterocycles. The summed E-state index contributed by atoms with van der Waals surface area (Å²) in [5, 5.41) is 5.72. The molecule has 1 N–H and O–H groups in total. The van der Waals surface area contributed by atoms with Gasteiger partial charge in [0.2, 0.25) is 0 Å². The number of anilines is 1. The van der Waals surface area contributed by atoms with Crippen molar-refractivity contribution in [3.63, 3.8) is 0 Å². The van der Waals surface area contributed by atoms with Crippen LogP contribution in [0.1, 0.15) is 0 Å². The second-order valence-electron chi connectivity index (χ2n) is 4.05. The predicted molar refractivity (Wildman–Crippen MR) is 84.2 cm³/mol. The first-order valence-electron chi connectivity index (χ1n) is 5.77. The lowest BCUT2D eigenvalue weighted by Crippen LogP contribution is -2.12. The van der Waals surface area contributed by atoms with E-state index in [2.05, 4.69) is 30.7 Å². The molecule has 0 bridgehead atoms. The number of nitrogens with one attached hydrogen (secondary N) is 1. The van der Waals surface area contributed by atoms with Crippen LogP contribution in [0.3, 0.4) is 0 Å². The van der Waals surface area contributed by atoms with E-state index in [9.17, 15) is 8.42 Å². The van der Waals surface area contributed by atoms with Crippen molar-refractivity contribution in [2.45, 2.75) is 4.21 Å². The van der Waals surface area contributed by atoms with Crippen LogP contribution in [0.25, 0.3) is 5.69 Å². The van der Waals surface area contributed by atoms with E-state index in [1.54, 1.807) is 46.7 Å². The van der Waals surface area contributed by atoms with E-state index in [0.29, 0.717) is 10.2 Å². The van der Waals surface area contributed by atoms with Gasteiger partial charge in [0.25, 0.3) is 10.0 Å². The van der Waals surface area contributed by atoms with Crippen molar-refractivity contribution in [3.8, 4) is 5.69 Å². The Hall–Kier alpha value is -1.71. The predicted octanol–water partition coefficient (Wildman–Crippen LogP) is 2.89. The summed E-state index contributed by atoms with van der Waals surface area (Å²) >= 11 is 4.38. The highest BCUT2D eigenvalue weighted by atomic mass is 79.9. The Morgan fingerprint density at radius 2 is 1.95 bits per heavy atom. The molecule has 0 radical (unpaired) electrons. The Balaban J connectivity index is 1.84. The van der Waals surface area contributed by atoms with Gasteiger partial charge in [-0.25, -0.2) is 18.1 Å². The Kier molecular flexibility index (Phi) is 3.79. The maximum atomic E-state index is 12.2. The van der Waals surface area contributed by atoms with E-state index in [4.69, 9.17) is 0 Å². The second-order valence-corrected chi connectivity index (χ2v) is 7.70. The summed E-state index contributed by atoms with van der Waals surface area (Å²) in [5.74, 6) is 0. The molecule has 108 valence electrons. The van der Waals surface area contributed by atoms with Crippen molar-refractivity contribution in [2.24, 2.45) is 0 Å². The average molecular weight is 385 g/mol. The lowest BCUT2D eigenvalue weighted by atomic mass is 10.3. The summed E-state index contributed by atoms with van der Waals surface area (Å²) in [6.07, 6.45) is 3.01. The summed E-state index contributed by atoms with van der Waals surface area (Å²) in [4.78, 5) is 3.86. The first-order valence-corrected chi connectivity index (χ1v) is 8.93. The molecule has 3 rings (SSSR count). The van der Waals surface area contributed by atoms with E-state index < -0.39 is 10.0 Å². The average Bonchev–Trinajstić information content (AvgIpc) is 3.10. The molecule has 0 fully saturated rings. The number of sulfonamides is 1. The summed E-state index contributed by atoms with van der Waals surface area (Å²) in [7, 11) is -3.58. The minimum Gasteiger partial charge on any atom is -0.279 e. The minimum absolute atomic E-state index is 0.253. The van der Waals surface area contributed by atoms with Crippen molar-refractivity contribution in [1.29, 1.82) is 0 Å². The zero-order valence-corrected chi connectivity index (χ0v) is 13.7. The largest absolute Gasteiger partial charge is 0.279 e. The number of halogens is 1. The number of thiophene rings is 1. The maximum Gasteiger partial charge on any atom is 0.272 e. The van der Waals surface area contributed by atoms with Crippen LogP contribution in [0, 0.1) is 0 Å². The Labute approximate surface area is 133 Å². The van der Waals surface area contributed by atoms with Crippen molar-refractivity contribution >= 4 is 43.0 Å². The standard InChI is InChI=1S/C12H9BrN4O2S2/c13-11-5-6-20-12(11)21(18,19)16-9-1-3-10(4-2-9)17-8-14-7-15-17/h1-8,16H. The molecule has 0 aliphatic rings. The minimum atomic E-state index is -3.58. The number of hydrogen-bond donors (Lipinski definition) is 1. The van der Waals surface area contributed by atoms with Gasteiger partial charge in [0.05, 0.1) is 5.69 Å². The molecule has 0 aliphatic carbocycles. The SMILES string of the molecule is O=S(=O)(Nc1ccc(-n2cncn2)cc1)c1sccc1Br. The number of nitrogens with zero attached hydrogens (tertiary/aromatic N) is 3. The summed E-state index contributed by atoms with van der Waals surface area (Å²) in [5.41, 5.74) is 1.28. The number of benzene rings is 1. The zero-order chi connectivity index (χ0) is 14.9. The normalized spacial score (nSPS) is 11.5. The summed E-state index contributed by atoms with van der Waals surface area (Å²) in [6, 6.07) is 8.57. The van der Waals surface area contributed by atoms with Gasteiger partial charge in [-0.3, -0.25) is 4.72 Å². The van der Waals surface area contributed by atoms with Crippen molar-refractivity contribution < 1.29 is 8.42 Å². The fraction of sp³-hybridized carbons (Fsp3) is 0. The Morgan fingerprint density at radius 3 is 2.52 bits per heavy atom. The molecule has 3 aromatic rings. The van der Waals surface area contributed by atoms with Crippen LogP contribution in [0.4, 0.5) is 5.69 Å². The molecular weight excluding hydrogens is 376 g/mol. The van der Waals surface area contributed by atoms with Crippen molar-refractivity contribution in [1.82, 2.24) is 14.8 Å². The Morgan fingerprint density at radius 1 is 1.19 bits per heavy atom. The Bertz CT molecular complexity index is 842. The van der Waals surface area contributed by atoms with Crippen LogP contribution in [0.2, 0.25) is 0 Å². The monoisotopic (exact) mass is 384 g/mol. The first kappa shape index (κ1) is 14.2. The molecule has 0 atom stereocenters. The molecule has 6 nitrogen and oxygen atoms in total. The van der Waals surface area contributed by atoms with E-state index in [-0.39, 0.29) is 4.21 Å². The smallest absolute Gasteiger partial charge is 0.272 e. The molecule has 1 aromatic carbocycles. The van der Waals surface area contributed by atoms with Gasteiger partial charge in [0.15, 0.2) is 4.21 Å². The van der Waals surface area contributed by atoms with Gasteiger partial charge in [-0.15, -0.1) is 11.3 Å². The maximum absolute atomic E-state index is 12.2. The highest BCUT2D eigenvalue weighted by Gasteiger charge is 2.19. The third-order valence-electron chi connectivity index (χ3n) is 2.63. The third kappa shape index (κ3) is 2.99. The molecule has 0 saturated carbocycles. The van der Waals surface area contributed by atoms with Crippen LogP contribution < -0.4 is 4.72 Å². The van der Waals surface area contributed by atoms with E-state index in [0.717, 1.165) is 17.0 Å². The lowest BCUT2D eigenvalue weighted by Gasteiger charge is -2.08. The zero-order valence-electron chi connectivity index (χ0n) is 10.5. The molecule has 0 amide bonds. The highest BCUT2D eigenvalue weighted by molar-refractivity contribution is 9.10. The van der Waals surface area contributed by atoms with Crippen molar-refractivity contribution in [2.75, 3.05) is 4.72 Å². The van der Waals surface area contributed by atoms with Gasteiger partial charge in [-0.1, -0.05) is 0 Å². The van der Waals surface area contributed by atoms with Crippen molar-refractivity contribution in [3.05, 3.63) is 52.8 Å². The molecule has 0 spiro atoms. The van der Waals surface area contributed by atoms with Gasteiger partial charge >= 0.3 is 0 Å². The molecular formula is C12H9BrN4O2S2. The summed E-state index contributed by atoms with van der Waals surface area (Å²) < 4.78 is 29.4. The topological polar surface area (TPSA) is 76.9 Å². The van der Waals surface area contributed by atoms with Gasteiger partial charge in [-0.2, -0.15) is 5.10 Å². The van der Waals surface area contributed by atoms with Crippen LogP contribution in [-0.4, -0.2) is 23.2 Å². The molecule has 2 aromatic heterocycles. The molecule has 21 heavy (non-hydrogen) atoms. The number of rotatable bonds is 4. The number of hydrogen-bond acceptors (Lipinski definition) is 5.